The monoisotopic (exact) mass is 349 g/mol. The molecule has 2 N–H and O–H groups in total. The van der Waals surface area contributed by atoms with E-state index in [2.05, 4.69) is 10.6 Å². The Hall–Kier alpha value is -3.59. The van der Waals surface area contributed by atoms with E-state index in [1.54, 1.807) is 31.2 Å². The van der Waals surface area contributed by atoms with Gasteiger partial charge in [-0.1, -0.05) is 42.5 Å². The summed E-state index contributed by atoms with van der Waals surface area (Å²) >= 11 is 0. The van der Waals surface area contributed by atoms with Crippen LogP contribution in [0.1, 0.15) is 22.8 Å². The number of carbonyl (C=O) groups is 2. The molecule has 0 radical (unpaired) electrons. The molecule has 0 saturated carbocycles. The van der Waals surface area contributed by atoms with Crippen LogP contribution in [0, 0.1) is 11.3 Å². The van der Waals surface area contributed by atoms with Crippen LogP contribution in [-0.4, -0.2) is 18.5 Å². The van der Waals surface area contributed by atoms with Crippen LogP contribution in [0.4, 0.5) is 5.69 Å². The van der Waals surface area contributed by atoms with Crippen LogP contribution in [-0.2, 0) is 16.1 Å². The smallest absolute Gasteiger partial charge is 0.340 e. The third kappa shape index (κ3) is 5.21. The fraction of sp³-hybridized carbons (Fsp3) is 0.150. The van der Waals surface area contributed by atoms with Gasteiger partial charge in [-0.25, -0.2) is 4.79 Å². The number of anilines is 1. The summed E-state index contributed by atoms with van der Waals surface area (Å²) in [5.41, 5.74) is 1.45. The number of nitriles is 1. The zero-order valence-corrected chi connectivity index (χ0v) is 14.4. The number of para-hydroxylation sites is 1. The van der Waals surface area contributed by atoms with Gasteiger partial charge in [-0.2, -0.15) is 5.26 Å². The lowest BCUT2D eigenvalue weighted by molar-refractivity contribution is -0.112. The van der Waals surface area contributed by atoms with Crippen LogP contribution in [0.15, 0.2) is 66.4 Å². The topological polar surface area (TPSA) is 91.2 Å². The molecule has 2 rings (SSSR count). The van der Waals surface area contributed by atoms with Gasteiger partial charge >= 0.3 is 5.97 Å². The summed E-state index contributed by atoms with van der Waals surface area (Å²) in [4.78, 5) is 24.3. The third-order valence-electron chi connectivity index (χ3n) is 3.43. The Morgan fingerprint density at radius 2 is 1.81 bits per heavy atom. The number of amides is 1. The normalized spacial score (nSPS) is 10.5. The first-order chi connectivity index (χ1) is 12.7. The lowest BCUT2D eigenvalue weighted by Gasteiger charge is -2.10. The number of esters is 1. The molecular formula is C20H19N3O3. The van der Waals surface area contributed by atoms with Gasteiger partial charge in [0.1, 0.15) is 11.6 Å². The van der Waals surface area contributed by atoms with Crippen molar-refractivity contribution in [2.75, 3.05) is 11.9 Å². The quantitative estimate of drug-likeness (QED) is 0.455. The minimum atomic E-state index is -0.607. The van der Waals surface area contributed by atoms with Gasteiger partial charge < -0.3 is 15.4 Å². The molecule has 6 heteroatoms. The predicted octanol–water partition coefficient (Wildman–Crippen LogP) is 3.00. The Morgan fingerprint density at radius 3 is 2.50 bits per heavy atom. The first-order valence-electron chi connectivity index (χ1n) is 8.10. The van der Waals surface area contributed by atoms with Gasteiger partial charge in [-0.3, -0.25) is 4.79 Å². The van der Waals surface area contributed by atoms with Gasteiger partial charge in [0.15, 0.2) is 0 Å². The largest absolute Gasteiger partial charge is 0.462 e. The van der Waals surface area contributed by atoms with Crippen molar-refractivity contribution in [3.8, 4) is 6.07 Å². The maximum Gasteiger partial charge on any atom is 0.340 e. The molecule has 1 amide bonds. The second kappa shape index (κ2) is 9.64. The van der Waals surface area contributed by atoms with Gasteiger partial charge in [-0.05, 0) is 24.6 Å². The Bertz CT molecular complexity index is 839. The van der Waals surface area contributed by atoms with E-state index in [0.29, 0.717) is 12.2 Å². The molecule has 132 valence electrons. The minimum Gasteiger partial charge on any atom is -0.462 e. The molecule has 0 fully saturated rings. The molecule has 0 spiro atoms. The zero-order chi connectivity index (χ0) is 18.8. The highest BCUT2D eigenvalue weighted by atomic mass is 16.5. The predicted molar refractivity (Wildman–Crippen MR) is 98.0 cm³/mol. The molecule has 0 atom stereocenters. The van der Waals surface area contributed by atoms with Crippen molar-refractivity contribution in [3.05, 3.63) is 77.5 Å². The van der Waals surface area contributed by atoms with E-state index < -0.39 is 11.9 Å². The third-order valence-corrected chi connectivity index (χ3v) is 3.43. The van der Waals surface area contributed by atoms with E-state index in [-0.39, 0.29) is 17.7 Å². The average Bonchev–Trinajstić information content (AvgIpc) is 2.66. The molecule has 0 aliphatic rings. The Morgan fingerprint density at radius 1 is 1.12 bits per heavy atom. The standard InChI is InChI=1S/C20H19N3O3/c1-2-26-20(25)17-10-6-7-11-18(17)23-19(24)16(12-21)14-22-13-15-8-4-3-5-9-15/h3-11,14,22H,2,13H2,1H3,(H,23,24)/b16-14-. The van der Waals surface area contributed by atoms with Gasteiger partial charge in [0.2, 0.25) is 0 Å². The molecule has 0 aromatic heterocycles. The van der Waals surface area contributed by atoms with Crippen LogP contribution in [0.5, 0.6) is 0 Å². The number of nitrogens with one attached hydrogen (secondary N) is 2. The van der Waals surface area contributed by atoms with Crippen molar-refractivity contribution < 1.29 is 14.3 Å². The number of ether oxygens (including phenoxy) is 1. The molecule has 0 aliphatic carbocycles. The summed E-state index contributed by atoms with van der Waals surface area (Å²) in [7, 11) is 0. The molecule has 26 heavy (non-hydrogen) atoms. The summed E-state index contributed by atoms with van der Waals surface area (Å²) in [5, 5.41) is 14.7. The first-order valence-corrected chi connectivity index (χ1v) is 8.10. The molecule has 2 aromatic rings. The van der Waals surface area contributed by atoms with Crippen molar-refractivity contribution in [1.82, 2.24) is 5.32 Å². The van der Waals surface area contributed by atoms with Crippen LogP contribution >= 0.6 is 0 Å². The summed E-state index contributed by atoms with van der Waals surface area (Å²) in [5.74, 6) is -1.14. The second-order valence-corrected chi connectivity index (χ2v) is 5.26. The lowest BCUT2D eigenvalue weighted by atomic mass is 10.1. The van der Waals surface area contributed by atoms with E-state index in [1.807, 2.05) is 36.4 Å². The van der Waals surface area contributed by atoms with E-state index >= 15 is 0 Å². The SMILES string of the molecule is CCOC(=O)c1ccccc1NC(=O)/C(C#N)=C\NCc1ccccc1. The van der Waals surface area contributed by atoms with Crippen molar-refractivity contribution in [3.63, 3.8) is 0 Å². The van der Waals surface area contributed by atoms with Crippen LogP contribution in [0.3, 0.4) is 0 Å². The van der Waals surface area contributed by atoms with Gasteiger partial charge in [0.05, 0.1) is 17.9 Å². The minimum absolute atomic E-state index is 0.0976. The van der Waals surface area contributed by atoms with Crippen molar-refractivity contribution >= 4 is 17.6 Å². The van der Waals surface area contributed by atoms with Gasteiger partial charge in [-0.15, -0.1) is 0 Å². The molecular weight excluding hydrogens is 330 g/mol. The summed E-state index contributed by atoms with van der Waals surface area (Å²) < 4.78 is 4.97. The number of benzene rings is 2. The van der Waals surface area contributed by atoms with Gasteiger partial charge in [0.25, 0.3) is 5.91 Å². The zero-order valence-electron chi connectivity index (χ0n) is 14.4. The highest BCUT2D eigenvalue weighted by Gasteiger charge is 2.16. The van der Waals surface area contributed by atoms with Crippen molar-refractivity contribution in [1.29, 1.82) is 5.26 Å². The van der Waals surface area contributed by atoms with E-state index in [1.165, 1.54) is 6.20 Å². The maximum atomic E-state index is 12.3. The summed E-state index contributed by atoms with van der Waals surface area (Å²) in [6.07, 6.45) is 1.36. The fourth-order valence-corrected chi connectivity index (χ4v) is 2.18. The molecule has 2 aromatic carbocycles. The number of rotatable bonds is 7. The van der Waals surface area contributed by atoms with Gasteiger partial charge in [0, 0.05) is 12.7 Å². The molecule has 0 bridgehead atoms. The van der Waals surface area contributed by atoms with Crippen molar-refractivity contribution in [2.45, 2.75) is 13.5 Å². The van der Waals surface area contributed by atoms with Crippen molar-refractivity contribution in [2.24, 2.45) is 0 Å². The summed E-state index contributed by atoms with van der Waals surface area (Å²) in [6, 6.07) is 17.9. The number of nitrogens with zero attached hydrogens (tertiary/aromatic N) is 1. The fourth-order valence-electron chi connectivity index (χ4n) is 2.18. The van der Waals surface area contributed by atoms with Crippen LogP contribution in [0.2, 0.25) is 0 Å². The van der Waals surface area contributed by atoms with E-state index in [0.717, 1.165) is 5.56 Å². The lowest BCUT2D eigenvalue weighted by Crippen LogP contribution is -2.19. The van der Waals surface area contributed by atoms with Crippen LogP contribution in [0.25, 0.3) is 0 Å². The Labute approximate surface area is 152 Å². The number of carbonyl (C=O) groups excluding carboxylic acids is 2. The first kappa shape index (κ1) is 18.7. The Kier molecular flexibility index (Phi) is 6.95. The molecule has 0 aliphatic heterocycles. The molecule has 0 unspecified atom stereocenters. The average molecular weight is 349 g/mol. The second-order valence-electron chi connectivity index (χ2n) is 5.26. The summed E-state index contributed by atoms with van der Waals surface area (Å²) in [6.45, 7) is 2.42. The highest BCUT2D eigenvalue weighted by Crippen LogP contribution is 2.17. The maximum absolute atomic E-state index is 12.3. The molecule has 0 heterocycles. The molecule has 6 nitrogen and oxygen atoms in total. The number of hydrogen-bond acceptors (Lipinski definition) is 5. The highest BCUT2D eigenvalue weighted by molar-refractivity contribution is 6.09. The van der Waals surface area contributed by atoms with Crippen LogP contribution < -0.4 is 10.6 Å². The van der Waals surface area contributed by atoms with E-state index in [9.17, 15) is 14.9 Å². The van der Waals surface area contributed by atoms with E-state index in [4.69, 9.17) is 4.74 Å². The number of hydrogen-bond donors (Lipinski definition) is 2. The molecule has 0 saturated heterocycles. The Balaban J connectivity index is 2.06.